The first-order valence-electron chi connectivity index (χ1n) is 5.33. The van der Waals surface area contributed by atoms with E-state index in [9.17, 15) is 9.90 Å². The van der Waals surface area contributed by atoms with Gasteiger partial charge in [-0.3, -0.25) is 4.79 Å². The van der Waals surface area contributed by atoms with Crippen molar-refractivity contribution in [3.05, 3.63) is 35.4 Å². The van der Waals surface area contributed by atoms with Gasteiger partial charge in [-0.15, -0.1) is 11.6 Å². The maximum Gasteiger partial charge on any atom is 0.253 e. The molecule has 1 aliphatic heterocycles. The molecule has 1 atom stereocenters. The van der Waals surface area contributed by atoms with Gasteiger partial charge in [0.05, 0.1) is 6.10 Å². The van der Waals surface area contributed by atoms with Crippen molar-refractivity contribution < 1.29 is 9.90 Å². The Hall–Kier alpha value is -1.06. The van der Waals surface area contributed by atoms with E-state index in [0.717, 1.165) is 5.56 Å². The lowest BCUT2D eigenvalue weighted by Gasteiger charge is -2.15. The Morgan fingerprint density at radius 2 is 2.38 bits per heavy atom. The maximum absolute atomic E-state index is 12.0. The molecule has 1 saturated heterocycles. The third-order valence-corrected chi connectivity index (χ3v) is 3.09. The zero-order valence-electron chi connectivity index (χ0n) is 8.90. The summed E-state index contributed by atoms with van der Waals surface area (Å²) in [7, 11) is 0. The van der Waals surface area contributed by atoms with Gasteiger partial charge in [0.1, 0.15) is 0 Å². The standard InChI is InChI=1S/C12H14ClNO2/c13-7-9-2-1-3-10(6-9)12(16)14-5-4-11(15)8-14/h1-3,6,11,15H,4-5,7-8H2. The number of β-amino-alcohol motifs (C(OH)–C–C–N with tert-alkyl or cyclic N) is 1. The summed E-state index contributed by atoms with van der Waals surface area (Å²) < 4.78 is 0. The van der Waals surface area contributed by atoms with Gasteiger partial charge in [0.2, 0.25) is 0 Å². The summed E-state index contributed by atoms with van der Waals surface area (Å²) in [4.78, 5) is 13.7. The van der Waals surface area contributed by atoms with Crippen LogP contribution in [0.4, 0.5) is 0 Å². The van der Waals surface area contributed by atoms with Crippen LogP contribution in [0.1, 0.15) is 22.3 Å². The van der Waals surface area contributed by atoms with E-state index >= 15 is 0 Å². The lowest BCUT2D eigenvalue weighted by Crippen LogP contribution is -2.29. The predicted molar refractivity (Wildman–Crippen MR) is 62.5 cm³/mol. The fourth-order valence-electron chi connectivity index (χ4n) is 1.90. The van der Waals surface area contributed by atoms with E-state index in [4.69, 9.17) is 11.6 Å². The molecule has 16 heavy (non-hydrogen) atoms. The second-order valence-corrected chi connectivity index (χ2v) is 4.29. The zero-order valence-corrected chi connectivity index (χ0v) is 9.65. The molecule has 0 saturated carbocycles. The molecular formula is C12H14ClNO2. The lowest BCUT2D eigenvalue weighted by atomic mass is 10.1. The number of halogens is 1. The largest absolute Gasteiger partial charge is 0.391 e. The van der Waals surface area contributed by atoms with Crippen LogP contribution in [0.25, 0.3) is 0 Å². The Labute approximate surface area is 99.6 Å². The van der Waals surface area contributed by atoms with Crippen LogP contribution in [0.3, 0.4) is 0 Å². The molecule has 0 spiro atoms. The van der Waals surface area contributed by atoms with Crippen molar-refractivity contribution in [2.45, 2.75) is 18.4 Å². The van der Waals surface area contributed by atoms with E-state index in [1.54, 1.807) is 17.0 Å². The summed E-state index contributed by atoms with van der Waals surface area (Å²) in [5.41, 5.74) is 1.58. The van der Waals surface area contributed by atoms with E-state index < -0.39 is 0 Å². The van der Waals surface area contributed by atoms with Crippen molar-refractivity contribution in [3.63, 3.8) is 0 Å². The average Bonchev–Trinajstić information content (AvgIpc) is 2.75. The van der Waals surface area contributed by atoms with E-state index in [2.05, 4.69) is 0 Å². The summed E-state index contributed by atoms with van der Waals surface area (Å²) in [6, 6.07) is 7.31. The third-order valence-electron chi connectivity index (χ3n) is 2.78. The van der Waals surface area contributed by atoms with Crippen LogP contribution in [0.5, 0.6) is 0 Å². The van der Waals surface area contributed by atoms with Crippen LogP contribution in [0.15, 0.2) is 24.3 Å². The summed E-state index contributed by atoms with van der Waals surface area (Å²) in [5, 5.41) is 9.38. The van der Waals surface area contributed by atoms with Crippen molar-refractivity contribution in [2.75, 3.05) is 13.1 Å². The molecule has 0 aromatic heterocycles. The normalized spacial score (nSPS) is 20.1. The van der Waals surface area contributed by atoms with Gasteiger partial charge in [0.15, 0.2) is 0 Å². The summed E-state index contributed by atoms with van der Waals surface area (Å²) in [6.45, 7) is 1.06. The quantitative estimate of drug-likeness (QED) is 0.797. The Bertz CT molecular complexity index is 394. The molecule has 0 bridgehead atoms. The second kappa shape index (κ2) is 4.85. The van der Waals surface area contributed by atoms with Crippen molar-refractivity contribution >= 4 is 17.5 Å². The van der Waals surface area contributed by atoms with Crippen LogP contribution in [0.2, 0.25) is 0 Å². The van der Waals surface area contributed by atoms with Crippen LogP contribution in [-0.2, 0) is 5.88 Å². The number of hydrogen-bond acceptors (Lipinski definition) is 2. The highest BCUT2D eigenvalue weighted by Crippen LogP contribution is 2.15. The molecule has 1 aromatic rings. The Balaban J connectivity index is 2.14. The number of nitrogens with zero attached hydrogens (tertiary/aromatic N) is 1. The summed E-state index contributed by atoms with van der Waals surface area (Å²) in [5.74, 6) is 0.382. The molecule has 1 N–H and O–H groups in total. The average molecular weight is 240 g/mol. The number of amides is 1. The Kier molecular flexibility index (Phi) is 3.46. The highest BCUT2D eigenvalue weighted by Gasteiger charge is 2.25. The molecule has 1 fully saturated rings. The molecule has 1 aliphatic rings. The topological polar surface area (TPSA) is 40.5 Å². The fourth-order valence-corrected chi connectivity index (χ4v) is 2.06. The van der Waals surface area contributed by atoms with E-state index in [1.807, 2.05) is 12.1 Å². The van der Waals surface area contributed by atoms with Crippen molar-refractivity contribution in [1.29, 1.82) is 0 Å². The summed E-state index contributed by atoms with van der Waals surface area (Å²) in [6.07, 6.45) is 0.293. The monoisotopic (exact) mass is 239 g/mol. The Morgan fingerprint density at radius 1 is 1.56 bits per heavy atom. The molecule has 3 nitrogen and oxygen atoms in total. The van der Waals surface area contributed by atoms with Crippen LogP contribution in [-0.4, -0.2) is 35.1 Å². The van der Waals surface area contributed by atoms with Crippen molar-refractivity contribution in [3.8, 4) is 0 Å². The number of aliphatic hydroxyl groups excluding tert-OH is 1. The minimum absolute atomic E-state index is 0.0245. The molecule has 4 heteroatoms. The third kappa shape index (κ3) is 2.36. The molecule has 1 unspecified atom stereocenters. The van der Waals surface area contributed by atoms with E-state index in [1.165, 1.54) is 0 Å². The number of carbonyl (C=O) groups excluding carboxylic acids is 1. The minimum atomic E-state index is -0.375. The van der Waals surface area contributed by atoms with Gasteiger partial charge >= 0.3 is 0 Å². The molecule has 0 aliphatic carbocycles. The molecule has 1 heterocycles. The number of likely N-dealkylation sites (tertiary alicyclic amines) is 1. The highest BCUT2D eigenvalue weighted by atomic mass is 35.5. The minimum Gasteiger partial charge on any atom is -0.391 e. The molecule has 86 valence electrons. The number of benzene rings is 1. The number of rotatable bonds is 2. The van der Waals surface area contributed by atoms with Crippen LogP contribution < -0.4 is 0 Å². The molecule has 1 amide bonds. The molecule has 1 aromatic carbocycles. The van der Waals surface area contributed by atoms with Gasteiger partial charge in [-0.25, -0.2) is 0 Å². The van der Waals surface area contributed by atoms with Gasteiger partial charge in [0.25, 0.3) is 5.91 Å². The van der Waals surface area contributed by atoms with E-state index in [-0.39, 0.29) is 12.0 Å². The van der Waals surface area contributed by atoms with Gasteiger partial charge in [0, 0.05) is 24.5 Å². The maximum atomic E-state index is 12.0. The lowest BCUT2D eigenvalue weighted by molar-refractivity contribution is 0.0765. The van der Waals surface area contributed by atoms with Crippen LogP contribution >= 0.6 is 11.6 Å². The number of aliphatic hydroxyl groups is 1. The first kappa shape index (κ1) is 11.4. The van der Waals surface area contributed by atoms with Crippen molar-refractivity contribution in [2.24, 2.45) is 0 Å². The molecule has 0 radical (unpaired) electrons. The predicted octanol–water partition coefficient (Wildman–Crippen LogP) is 1.63. The Morgan fingerprint density at radius 3 is 3.00 bits per heavy atom. The van der Waals surface area contributed by atoms with E-state index in [0.29, 0.717) is 31.0 Å². The van der Waals surface area contributed by atoms with Gasteiger partial charge in [-0.05, 0) is 24.1 Å². The number of hydrogen-bond donors (Lipinski definition) is 1. The first-order chi connectivity index (χ1) is 7.70. The first-order valence-corrected chi connectivity index (χ1v) is 5.86. The molecule has 2 rings (SSSR count). The number of carbonyl (C=O) groups is 1. The van der Waals surface area contributed by atoms with Gasteiger partial charge in [-0.2, -0.15) is 0 Å². The highest BCUT2D eigenvalue weighted by molar-refractivity contribution is 6.17. The van der Waals surface area contributed by atoms with Gasteiger partial charge < -0.3 is 10.0 Å². The fraction of sp³-hybridized carbons (Fsp3) is 0.417. The van der Waals surface area contributed by atoms with Gasteiger partial charge in [-0.1, -0.05) is 12.1 Å². The SMILES string of the molecule is O=C(c1cccc(CCl)c1)N1CCC(O)C1. The smallest absolute Gasteiger partial charge is 0.253 e. The molecular weight excluding hydrogens is 226 g/mol. The second-order valence-electron chi connectivity index (χ2n) is 4.03. The van der Waals surface area contributed by atoms with Crippen molar-refractivity contribution in [1.82, 2.24) is 4.90 Å². The zero-order chi connectivity index (χ0) is 11.5. The summed E-state index contributed by atoms with van der Waals surface area (Å²) >= 11 is 5.72. The number of alkyl halides is 1. The van der Waals surface area contributed by atoms with Crippen LogP contribution in [0, 0.1) is 0 Å².